The van der Waals surface area contributed by atoms with Crippen molar-refractivity contribution in [3.05, 3.63) is 50.1 Å². The normalized spacial score (nSPS) is 15.2. The van der Waals surface area contributed by atoms with Gasteiger partial charge in [0.05, 0.1) is 17.7 Å². The van der Waals surface area contributed by atoms with Crippen LogP contribution in [0.3, 0.4) is 0 Å². The topological polar surface area (TPSA) is 29.5 Å². The highest BCUT2D eigenvalue weighted by Crippen LogP contribution is 2.35. The van der Waals surface area contributed by atoms with Crippen LogP contribution in [0.2, 0.25) is 5.02 Å². The Morgan fingerprint density at radius 3 is 2.52 bits per heavy atom. The third kappa shape index (κ3) is 3.31. The van der Waals surface area contributed by atoms with Gasteiger partial charge in [-0.3, -0.25) is 4.79 Å². The predicted molar refractivity (Wildman–Crippen MR) is 91.8 cm³/mol. The van der Waals surface area contributed by atoms with E-state index in [2.05, 4.69) is 20.8 Å². The van der Waals surface area contributed by atoms with Crippen molar-refractivity contribution >= 4 is 43.9 Å². The van der Waals surface area contributed by atoms with Gasteiger partial charge in [0.2, 0.25) is 0 Å². The lowest BCUT2D eigenvalue weighted by molar-refractivity contribution is 0.123. The number of anilines is 1. The molecule has 1 saturated heterocycles. The van der Waals surface area contributed by atoms with Crippen LogP contribution >= 0.6 is 38.9 Å². The molecule has 2 aromatic rings. The molecule has 110 valence electrons. The van der Waals surface area contributed by atoms with Gasteiger partial charge < -0.3 is 9.64 Å². The minimum absolute atomic E-state index is 0.000178. The summed E-state index contributed by atoms with van der Waals surface area (Å²) in [7, 11) is 0. The molecule has 0 amide bonds. The predicted octanol–water partition coefficient (Wildman–Crippen LogP) is 4.03. The molecule has 1 aromatic heterocycles. The number of nitrogens with zero attached hydrogens (tertiary/aromatic N) is 1. The summed E-state index contributed by atoms with van der Waals surface area (Å²) in [6, 6.07) is 9.21. The second kappa shape index (κ2) is 6.48. The average molecular weight is 387 g/mol. The van der Waals surface area contributed by atoms with E-state index < -0.39 is 0 Å². The van der Waals surface area contributed by atoms with Gasteiger partial charge in [0, 0.05) is 29.1 Å². The van der Waals surface area contributed by atoms with Crippen LogP contribution in [-0.2, 0) is 4.74 Å². The van der Waals surface area contributed by atoms with Crippen molar-refractivity contribution in [1.29, 1.82) is 0 Å². The monoisotopic (exact) mass is 385 g/mol. The van der Waals surface area contributed by atoms with E-state index in [-0.39, 0.29) is 5.43 Å². The van der Waals surface area contributed by atoms with Crippen LogP contribution in [0, 0.1) is 0 Å². The molecular formula is C15H13BrClNO2S. The Morgan fingerprint density at radius 2 is 1.86 bits per heavy atom. The fraction of sp³-hybridized carbons (Fsp3) is 0.267. The zero-order valence-corrected chi connectivity index (χ0v) is 14.3. The van der Waals surface area contributed by atoms with E-state index in [0.29, 0.717) is 22.7 Å². The number of halogens is 2. The third-order valence-corrected chi connectivity index (χ3v) is 5.81. The molecule has 0 N–H and O–H groups in total. The van der Waals surface area contributed by atoms with E-state index in [4.69, 9.17) is 16.3 Å². The Bertz CT molecular complexity index is 696. The summed E-state index contributed by atoms with van der Waals surface area (Å²) in [5.74, 6) is 0. The minimum atomic E-state index is 0.000178. The van der Waals surface area contributed by atoms with Crippen LogP contribution < -0.4 is 10.3 Å². The largest absolute Gasteiger partial charge is 0.378 e. The molecule has 0 spiro atoms. The maximum Gasteiger partial charge on any atom is 0.197 e. The first-order valence-corrected chi connectivity index (χ1v) is 8.56. The fourth-order valence-corrected chi connectivity index (χ4v) is 4.06. The van der Waals surface area contributed by atoms with Gasteiger partial charge in [-0.25, -0.2) is 0 Å². The van der Waals surface area contributed by atoms with Gasteiger partial charge in [0.25, 0.3) is 0 Å². The van der Waals surface area contributed by atoms with Crippen molar-refractivity contribution < 1.29 is 4.74 Å². The molecule has 0 unspecified atom stereocenters. The van der Waals surface area contributed by atoms with E-state index >= 15 is 0 Å². The van der Waals surface area contributed by atoms with E-state index in [1.165, 1.54) is 0 Å². The van der Waals surface area contributed by atoms with Gasteiger partial charge in [-0.1, -0.05) is 23.7 Å². The van der Waals surface area contributed by atoms with Crippen LogP contribution in [0.25, 0.3) is 10.4 Å². The zero-order valence-electron chi connectivity index (χ0n) is 11.1. The number of rotatable bonds is 2. The van der Waals surface area contributed by atoms with Gasteiger partial charge >= 0.3 is 0 Å². The van der Waals surface area contributed by atoms with Crippen molar-refractivity contribution in [1.82, 2.24) is 0 Å². The number of hydrogen-bond acceptors (Lipinski definition) is 4. The van der Waals surface area contributed by atoms with Gasteiger partial charge in [-0.15, -0.1) is 11.3 Å². The SMILES string of the molecule is O=c1cc(-c2ccc(Cl)cc2)sc(N2CCOCC2)c1Br. The zero-order chi connectivity index (χ0) is 14.8. The lowest BCUT2D eigenvalue weighted by atomic mass is 10.2. The number of benzene rings is 1. The Kier molecular flexibility index (Phi) is 4.64. The third-order valence-electron chi connectivity index (χ3n) is 3.30. The Balaban J connectivity index is 2.04. The molecular weight excluding hydrogens is 374 g/mol. The standard InChI is InChI=1S/C15H13BrClNO2S/c16-14-12(19)9-13(10-1-3-11(17)4-2-10)21-15(14)18-5-7-20-8-6-18/h1-4,9H,5-8H2. The molecule has 2 heterocycles. The summed E-state index contributed by atoms with van der Waals surface area (Å²) < 4.78 is 6.01. The molecule has 0 bridgehead atoms. The van der Waals surface area contributed by atoms with E-state index in [1.807, 2.05) is 24.3 Å². The van der Waals surface area contributed by atoms with Crippen molar-refractivity contribution in [2.24, 2.45) is 0 Å². The first-order valence-electron chi connectivity index (χ1n) is 6.57. The van der Waals surface area contributed by atoms with E-state index in [1.54, 1.807) is 17.4 Å². The highest BCUT2D eigenvalue weighted by molar-refractivity contribution is 9.10. The van der Waals surface area contributed by atoms with Crippen molar-refractivity contribution in [3.63, 3.8) is 0 Å². The second-order valence-electron chi connectivity index (χ2n) is 4.70. The summed E-state index contributed by atoms with van der Waals surface area (Å²) in [4.78, 5) is 15.4. The molecule has 0 saturated carbocycles. The van der Waals surface area contributed by atoms with Crippen LogP contribution in [0.1, 0.15) is 0 Å². The molecule has 1 aromatic carbocycles. The second-order valence-corrected chi connectivity index (χ2v) is 6.96. The summed E-state index contributed by atoms with van der Waals surface area (Å²) >= 11 is 11.0. The van der Waals surface area contributed by atoms with Crippen molar-refractivity contribution in [2.45, 2.75) is 0 Å². The highest BCUT2D eigenvalue weighted by Gasteiger charge is 2.18. The van der Waals surface area contributed by atoms with Crippen LogP contribution in [-0.4, -0.2) is 26.3 Å². The number of hydrogen-bond donors (Lipinski definition) is 0. The van der Waals surface area contributed by atoms with Gasteiger partial charge in [-0.2, -0.15) is 0 Å². The smallest absolute Gasteiger partial charge is 0.197 e. The summed E-state index contributed by atoms with van der Waals surface area (Å²) in [5.41, 5.74) is 1.00. The Morgan fingerprint density at radius 1 is 1.19 bits per heavy atom. The molecule has 1 aliphatic rings. The Hall–Kier alpha value is -0.880. The lowest BCUT2D eigenvalue weighted by Gasteiger charge is -2.29. The molecule has 0 aliphatic carbocycles. The fourth-order valence-electron chi connectivity index (χ4n) is 2.19. The first kappa shape index (κ1) is 15.0. The molecule has 3 rings (SSSR count). The van der Waals surface area contributed by atoms with Gasteiger partial charge in [0.1, 0.15) is 5.00 Å². The van der Waals surface area contributed by atoms with E-state index in [9.17, 15) is 4.79 Å². The maximum atomic E-state index is 12.2. The number of ether oxygens (including phenoxy) is 1. The summed E-state index contributed by atoms with van der Waals surface area (Å²) in [5, 5.41) is 1.66. The molecule has 6 heteroatoms. The summed E-state index contributed by atoms with van der Waals surface area (Å²) in [6.45, 7) is 2.99. The average Bonchev–Trinajstić information content (AvgIpc) is 2.51. The van der Waals surface area contributed by atoms with Gasteiger partial charge in [-0.05, 0) is 33.6 Å². The van der Waals surface area contributed by atoms with E-state index in [0.717, 1.165) is 28.5 Å². The minimum Gasteiger partial charge on any atom is -0.378 e. The molecule has 0 radical (unpaired) electrons. The molecule has 1 aliphatic heterocycles. The molecule has 21 heavy (non-hydrogen) atoms. The van der Waals surface area contributed by atoms with Crippen LogP contribution in [0.5, 0.6) is 0 Å². The molecule has 0 atom stereocenters. The Labute approximate surface area is 140 Å². The number of morpholine rings is 1. The highest BCUT2D eigenvalue weighted by atomic mass is 79.9. The van der Waals surface area contributed by atoms with Crippen LogP contribution in [0.15, 0.2) is 39.6 Å². The first-order chi connectivity index (χ1) is 10.1. The lowest BCUT2D eigenvalue weighted by Crippen LogP contribution is -2.36. The molecule has 1 fully saturated rings. The van der Waals surface area contributed by atoms with Crippen molar-refractivity contribution in [3.8, 4) is 10.4 Å². The maximum absolute atomic E-state index is 12.2. The van der Waals surface area contributed by atoms with Gasteiger partial charge in [0.15, 0.2) is 5.43 Å². The van der Waals surface area contributed by atoms with Crippen molar-refractivity contribution in [2.75, 3.05) is 31.2 Å². The quantitative estimate of drug-likeness (QED) is 0.780. The molecule has 3 nitrogen and oxygen atoms in total. The summed E-state index contributed by atoms with van der Waals surface area (Å²) in [6.07, 6.45) is 0. The van der Waals surface area contributed by atoms with Crippen LogP contribution in [0.4, 0.5) is 5.00 Å².